The normalized spacial score (nSPS) is 16.1. The number of carbonyl (C=O) groups is 3. The molecule has 1 N–H and O–H groups in total. The molecule has 1 aliphatic rings. The van der Waals surface area contributed by atoms with Crippen molar-refractivity contribution in [2.24, 2.45) is 4.99 Å². The van der Waals surface area contributed by atoms with Crippen LogP contribution in [0.1, 0.15) is 22.8 Å². The van der Waals surface area contributed by atoms with E-state index in [2.05, 4.69) is 4.99 Å². The zero-order valence-electron chi connectivity index (χ0n) is 16.9. The smallest absolute Gasteiger partial charge is 0.341 e. The number of carbonyl (C=O) groups excluding carboxylic acids is 2. The van der Waals surface area contributed by atoms with Crippen LogP contribution in [0.3, 0.4) is 0 Å². The molecule has 1 amide bonds. The average Bonchev–Trinajstić information content (AvgIpc) is 3.01. The summed E-state index contributed by atoms with van der Waals surface area (Å²) in [6, 6.07) is 13.5. The van der Waals surface area contributed by atoms with Crippen molar-refractivity contribution in [3.63, 3.8) is 0 Å². The van der Waals surface area contributed by atoms with Crippen LogP contribution >= 0.6 is 11.8 Å². The highest BCUT2D eigenvalue weighted by atomic mass is 32.2. The third-order valence-electron chi connectivity index (χ3n) is 4.16. The van der Waals surface area contributed by atoms with Gasteiger partial charge in [0.1, 0.15) is 5.75 Å². The maximum Gasteiger partial charge on any atom is 0.341 e. The lowest BCUT2D eigenvalue weighted by molar-refractivity contribution is -0.139. The number of thioether (sulfide) groups is 1. The maximum atomic E-state index is 12.7. The molecule has 1 aliphatic heterocycles. The first-order valence-electron chi connectivity index (χ1n) is 9.36. The lowest BCUT2D eigenvalue weighted by Gasteiger charge is -2.08. The van der Waals surface area contributed by atoms with Crippen LogP contribution in [0.15, 0.2) is 58.4 Å². The van der Waals surface area contributed by atoms with E-state index in [1.807, 2.05) is 0 Å². The number of nitrogens with zero attached hydrogens (tertiary/aromatic N) is 2. The summed E-state index contributed by atoms with van der Waals surface area (Å²) in [5.74, 6) is -1.36. The van der Waals surface area contributed by atoms with Crippen LogP contribution in [0.4, 0.5) is 5.69 Å². The Morgan fingerprint density at radius 1 is 1.16 bits per heavy atom. The van der Waals surface area contributed by atoms with Gasteiger partial charge in [-0.1, -0.05) is 18.2 Å². The number of para-hydroxylation sites is 1. The minimum absolute atomic E-state index is 0.236. The van der Waals surface area contributed by atoms with Crippen molar-refractivity contribution in [2.75, 3.05) is 20.3 Å². The molecule has 8 nitrogen and oxygen atoms in total. The molecule has 0 spiro atoms. The van der Waals surface area contributed by atoms with E-state index in [-0.39, 0.29) is 5.91 Å². The number of aliphatic imine (C=N–C) groups is 1. The van der Waals surface area contributed by atoms with Crippen LogP contribution in [0.5, 0.6) is 5.75 Å². The minimum Gasteiger partial charge on any atom is -0.481 e. The largest absolute Gasteiger partial charge is 0.481 e. The van der Waals surface area contributed by atoms with Crippen molar-refractivity contribution in [3.8, 4) is 5.75 Å². The van der Waals surface area contributed by atoms with Gasteiger partial charge in [-0.25, -0.2) is 14.6 Å². The van der Waals surface area contributed by atoms with Crippen molar-refractivity contribution in [2.45, 2.75) is 6.92 Å². The molecular formula is C22H20N2O6S. The van der Waals surface area contributed by atoms with Crippen molar-refractivity contribution < 1.29 is 29.0 Å². The SMILES string of the molecule is CCOC(=O)c1ccc(N=C2S/C(=C\c3ccccc3OCC(=O)O)C(=O)N2C)cc1. The molecule has 0 saturated carbocycles. The summed E-state index contributed by atoms with van der Waals surface area (Å²) < 4.78 is 10.3. The second-order valence-electron chi connectivity index (χ2n) is 6.36. The van der Waals surface area contributed by atoms with E-state index < -0.39 is 18.5 Å². The summed E-state index contributed by atoms with van der Waals surface area (Å²) >= 11 is 1.19. The molecular weight excluding hydrogens is 420 g/mol. The Kier molecular flexibility index (Phi) is 7.09. The Hall–Kier alpha value is -3.59. The zero-order chi connectivity index (χ0) is 22.4. The molecule has 9 heteroatoms. The number of benzene rings is 2. The number of esters is 1. The molecule has 0 radical (unpaired) electrons. The number of carboxylic acids is 1. The summed E-state index contributed by atoms with van der Waals surface area (Å²) in [5.41, 5.74) is 1.60. The molecule has 0 bridgehead atoms. The van der Waals surface area contributed by atoms with Crippen molar-refractivity contribution in [3.05, 3.63) is 64.6 Å². The predicted molar refractivity (Wildman–Crippen MR) is 117 cm³/mol. The predicted octanol–water partition coefficient (Wildman–Crippen LogP) is 3.56. The van der Waals surface area contributed by atoms with Gasteiger partial charge in [0.05, 0.1) is 22.8 Å². The van der Waals surface area contributed by atoms with Crippen LogP contribution in [0.2, 0.25) is 0 Å². The first kappa shape index (κ1) is 22.1. The van der Waals surface area contributed by atoms with E-state index in [0.29, 0.717) is 39.2 Å². The van der Waals surface area contributed by atoms with Crippen molar-refractivity contribution in [1.82, 2.24) is 4.90 Å². The van der Waals surface area contributed by atoms with Crippen molar-refractivity contribution >= 4 is 46.5 Å². The second-order valence-corrected chi connectivity index (χ2v) is 7.37. The Morgan fingerprint density at radius 2 is 1.87 bits per heavy atom. The highest BCUT2D eigenvalue weighted by molar-refractivity contribution is 8.18. The number of ether oxygens (including phenoxy) is 2. The van der Waals surface area contributed by atoms with Crippen LogP contribution in [-0.2, 0) is 14.3 Å². The van der Waals surface area contributed by atoms with E-state index in [9.17, 15) is 14.4 Å². The summed E-state index contributed by atoms with van der Waals surface area (Å²) in [5, 5.41) is 9.31. The Morgan fingerprint density at radius 3 is 2.55 bits per heavy atom. The first-order valence-corrected chi connectivity index (χ1v) is 10.2. The van der Waals surface area contributed by atoms with Crippen molar-refractivity contribution in [1.29, 1.82) is 0 Å². The number of amides is 1. The Labute approximate surface area is 183 Å². The van der Waals surface area contributed by atoms with Crippen LogP contribution in [0, 0.1) is 0 Å². The van der Waals surface area contributed by atoms with Gasteiger partial charge in [0.2, 0.25) is 0 Å². The van der Waals surface area contributed by atoms with Gasteiger partial charge in [-0.2, -0.15) is 0 Å². The molecule has 0 unspecified atom stereocenters. The van der Waals surface area contributed by atoms with Crippen LogP contribution < -0.4 is 4.74 Å². The Bertz CT molecular complexity index is 1060. The van der Waals surface area contributed by atoms with E-state index >= 15 is 0 Å². The molecule has 1 saturated heterocycles. The monoisotopic (exact) mass is 440 g/mol. The van der Waals surface area contributed by atoms with E-state index in [0.717, 1.165) is 0 Å². The standard InChI is InChI=1S/C22H20N2O6S/c1-3-29-21(28)14-8-10-16(11-9-14)23-22-24(2)20(27)18(31-22)12-15-6-4-5-7-17(15)30-13-19(25)26/h4-12H,3,13H2,1-2H3,(H,25,26)/b18-12-,23-22?. The number of carboxylic acid groups (broad SMARTS) is 1. The average molecular weight is 440 g/mol. The molecule has 1 heterocycles. The highest BCUT2D eigenvalue weighted by Crippen LogP contribution is 2.34. The van der Waals surface area contributed by atoms with Gasteiger partial charge in [0.25, 0.3) is 5.91 Å². The number of likely N-dealkylation sites (N-methyl/N-ethyl adjacent to an activating group) is 1. The van der Waals surface area contributed by atoms with Gasteiger partial charge in [0, 0.05) is 12.6 Å². The van der Waals surface area contributed by atoms with Gasteiger partial charge in [-0.15, -0.1) is 0 Å². The molecule has 0 aliphatic carbocycles. The van der Waals surface area contributed by atoms with Gasteiger partial charge < -0.3 is 14.6 Å². The van der Waals surface area contributed by atoms with Crippen LogP contribution in [-0.4, -0.2) is 53.3 Å². The van der Waals surface area contributed by atoms with E-state index in [1.54, 1.807) is 68.6 Å². The Balaban J connectivity index is 1.81. The fourth-order valence-corrected chi connectivity index (χ4v) is 3.64. The molecule has 1 fully saturated rings. The topological polar surface area (TPSA) is 106 Å². The van der Waals surface area contributed by atoms with E-state index in [1.165, 1.54) is 16.7 Å². The quantitative estimate of drug-likeness (QED) is 0.518. The molecule has 0 aromatic heterocycles. The lowest BCUT2D eigenvalue weighted by Crippen LogP contribution is -2.23. The summed E-state index contributed by atoms with van der Waals surface area (Å²) in [6.45, 7) is 1.56. The second kappa shape index (κ2) is 9.94. The minimum atomic E-state index is -1.09. The summed E-state index contributed by atoms with van der Waals surface area (Å²) in [7, 11) is 1.62. The molecule has 3 rings (SSSR count). The first-order chi connectivity index (χ1) is 14.9. The molecule has 0 atom stereocenters. The summed E-state index contributed by atoms with van der Waals surface area (Å²) in [6.07, 6.45) is 1.65. The fraction of sp³-hybridized carbons (Fsp3) is 0.182. The number of hydrogen-bond donors (Lipinski definition) is 1. The summed E-state index contributed by atoms with van der Waals surface area (Å²) in [4.78, 5) is 41.6. The number of aliphatic carboxylic acids is 1. The zero-order valence-corrected chi connectivity index (χ0v) is 17.7. The highest BCUT2D eigenvalue weighted by Gasteiger charge is 2.30. The van der Waals surface area contributed by atoms with E-state index in [4.69, 9.17) is 14.6 Å². The lowest BCUT2D eigenvalue weighted by atomic mass is 10.2. The third kappa shape index (κ3) is 5.52. The van der Waals surface area contributed by atoms with Gasteiger partial charge in [-0.05, 0) is 55.1 Å². The fourth-order valence-electron chi connectivity index (χ4n) is 2.66. The molecule has 2 aromatic carbocycles. The third-order valence-corrected chi connectivity index (χ3v) is 5.22. The van der Waals surface area contributed by atoms with Gasteiger partial charge in [0.15, 0.2) is 11.8 Å². The van der Waals surface area contributed by atoms with Gasteiger partial charge >= 0.3 is 11.9 Å². The van der Waals surface area contributed by atoms with Gasteiger partial charge in [-0.3, -0.25) is 9.69 Å². The van der Waals surface area contributed by atoms with Crippen LogP contribution in [0.25, 0.3) is 6.08 Å². The maximum absolute atomic E-state index is 12.7. The molecule has 160 valence electrons. The molecule has 2 aromatic rings. The number of rotatable bonds is 7. The number of hydrogen-bond acceptors (Lipinski definition) is 7. The number of amidine groups is 1. The molecule has 31 heavy (non-hydrogen) atoms.